The summed E-state index contributed by atoms with van der Waals surface area (Å²) in [6, 6.07) is 2.25. The summed E-state index contributed by atoms with van der Waals surface area (Å²) in [7, 11) is -3.96. The largest absolute Gasteiger partial charge is 0.396 e. The Morgan fingerprint density at radius 1 is 1.55 bits per heavy atom. The fourth-order valence-electron chi connectivity index (χ4n) is 2.08. The number of halogens is 2. The second-order valence-corrected chi connectivity index (χ2v) is 8.89. The summed E-state index contributed by atoms with van der Waals surface area (Å²) >= 11 is 7.46. The lowest BCUT2D eigenvalue weighted by atomic mass is 10.1. The summed E-state index contributed by atoms with van der Waals surface area (Å²) in [5.74, 6) is 0.0441. The molecule has 8 heteroatoms. The topological polar surface area (TPSA) is 72.2 Å². The third-order valence-electron chi connectivity index (χ3n) is 3.26. The second-order valence-electron chi connectivity index (χ2n) is 5.03. The Morgan fingerprint density at radius 2 is 2.25 bits per heavy atom. The van der Waals surface area contributed by atoms with Crippen molar-refractivity contribution < 1.29 is 12.8 Å². The number of anilines is 1. The Morgan fingerprint density at radius 3 is 2.85 bits per heavy atom. The third-order valence-corrected chi connectivity index (χ3v) is 6.42. The van der Waals surface area contributed by atoms with Gasteiger partial charge in [-0.3, -0.25) is 0 Å². The molecular weight excluding hydrogens is 323 g/mol. The summed E-state index contributed by atoms with van der Waals surface area (Å²) in [5.41, 5.74) is 5.13. The average Bonchev–Trinajstić information content (AvgIpc) is 2.79. The molecule has 1 aromatic carbocycles. The van der Waals surface area contributed by atoms with E-state index in [2.05, 4.69) is 4.72 Å². The van der Waals surface area contributed by atoms with Crippen LogP contribution in [0.2, 0.25) is 5.02 Å². The van der Waals surface area contributed by atoms with Crippen LogP contribution in [-0.2, 0) is 10.0 Å². The Kier molecular flexibility index (Phi) is 4.53. The highest BCUT2D eigenvalue weighted by atomic mass is 35.5. The molecule has 20 heavy (non-hydrogen) atoms. The number of nitrogens with one attached hydrogen (secondary N) is 1. The molecule has 0 amide bonds. The summed E-state index contributed by atoms with van der Waals surface area (Å²) < 4.78 is 40.5. The molecule has 4 nitrogen and oxygen atoms in total. The van der Waals surface area contributed by atoms with Gasteiger partial charge in [-0.15, -0.1) is 0 Å². The fourth-order valence-corrected chi connectivity index (χ4v) is 5.01. The first-order valence-electron chi connectivity index (χ1n) is 6.12. The van der Waals surface area contributed by atoms with Gasteiger partial charge in [0.2, 0.25) is 10.0 Å². The lowest BCUT2D eigenvalue weighted by Gasteiger charge is -2.23. The molecule has 0 aromatic heterocycles. The Hall–Kier alpha value is -0.500. The van der Waals surface area contributed by atoms with E-state index in [9.17, 15) is 12.8 Å². The standard InChI is InChI=1S/C12H16ClFN2O2S2/c1-12(3-2-4-19-12)7-16-20(17,18)10-6-8(13)5-9(15)11(10)14/h5-6,16H,2-4,7,15H2,1H3. The first kappa shape index (κ1) is 15.9. The van der Waals surface area contributed by atoms with Crippen LogP contribution >= 0.6 is 23.4 Å². The van der Waals surface area contributed by atoms with Gasteiger partial charge in [-0.1, -0.05) is 11.6 Å². The molecule has 2 rings (SSSR count). The van der Waals surface area contributed by atoms with Crippen LogP contribution in [-0.4, -0.2) is 25.5 Å². The maximum atomic E-state index is 13.9. The van der Waals surface area contributed by atoms with Crippen molar-refractivity contribution in [2.45, 2.75) is 29.4 Å². The number of rotatable bonds is 4. The number of hydrogen-bond donors (Lipinski definition) is 2. The minimum Gasteiger partial charge on any atom is -0.396 e. The Bertz CT molecular complexity index is 616. The van der Waals surface area contributed by atoms with Crippen molar-refractivity contribution in [2.75, 3.05) is 18.0 Å². The van der Waals surface area contributed by atoms with Crippen LogP contribution in [0.4, 0.5) is 10.1 Å². The van der Waals surface area contributed by atoms with Crippen molar-refractivity contribution in [1.82, 2.24) is 4.72 Å². The van der Waals surface area contributed by atoms with Gasteiger partial charge in [-0.05, 0) is 37.7 Å². The smallest absolute Gasteiger partial charge is 0.243 e. The van der Waals surface area contributed by atoms with Crippen molar-refractivity contribution in [3.63, 3.8) is 0 Å². The highest BCUT2D eigenvalue weighted by Crippen LogP contribution is 2.37. The van der Waals surface area contributed by atoms with Crippen LogP contribution in [0, 0.1) is 5.82 Å². The Labute approximate surface area is 127 Å². The highest BCUT2D eigenvalue weighted by molar-refractivity contribution is 8.01. The van der Waals surface area contributed by atoms with Crippen LogP contribution in [0.15, 0.2) is 17.0 Å². The van der Waals surface area contributed by atoms with Crippen LogP contribution in [0.1, 0.15) is 19.8 Å². The number of nitrogens with two attached hydrogens (primary N) is 1. The lowest BCUT2D eigenvalue weighted by Crippen LogP contribution is -2.37. The summed E-state index contributed by atoms with van der Waals surface area (Å²) in [6.45, 7) is 2.25. The molecule has 1 heterocycles. The average molecular weight is 339 g/mol. The molecule has 1 aliphatic rings. The summed E-state index contributed by atoms with van der Waals surface area (Å²) in [6.07, 6.45) is 1.99. The van der Waals surface area contributed by atoms with Crippen LogP contribution in [0.5, 0.6) is 0 Å². The van der Waals surface area contributed by atoms with Gasteiger partial charge in [0.15, 0.2) is 5.82 Å². The zero-order valence-corrected chi connectivity index (χ0v) is 13.3. The highest BCUT2D eigenvalue weighted by Gasteiger charge is 2.32. The maximum Gasteiger partial charge on any atom is 0.243 e. The maximum absolute atomic E-state index is 13.9. The van der Waals surface area contributed by atoms with E-state index in [1.54, 1.807) is 11.8 Å². The number of hydrogen-bond acceptors (Lipinski definition) is 4. The lowest BCUT2D eigenvalue weighted by molar-refractivity contribution is 0.540. The number of sulfonamides is 1. The van der Waals surface area contributed by atoms with Gasteiger partial charge in [0.1, 0.15) is 4.90 Å². The number of benzene rings is 1. The molecule has 0 aliphatic carbocycles. The van der Waals surface area contributed by atoms with Gasteiger partial charge in [0.25, 0.3) is 0 Å². The van der Waals surface area contributed by atoms with Crippen molar-refractivity contribution in [3.05, 3.63) is 23.0 Å². The van der Waals surface area contributed by atoms with E-state index in [1.807, 2.05) is 6.92 Å². The quantitative estimate of drug-likeness (QED) is 0.828. The van der Waals surface area contributed by atoms with Gasteiger partial charge in [0.05, 0.1) is 5.69 Å². The molecule has 112 valence electrons. The van der Waals surface area contributed by atoms with Crippen molar-refractivity contribution in [2.24, 2.45) is 0 Å². The molecule has 1 fully saturated rings. The van der Waals surface area contributed by atoms with Crippen LogP contribution in [0.25, 0.3) is 0 Å². The zero-order chi connectivity index (χ0) is 15.0. The van der Waals surface area contributed by atoms with E-state index in [1.165, 1.54) is 6.07 Å². The van der Waals surface area contributed by atoms with E-state index in [0.717, 1.165) is 24.7 Å². The molecule has 1 saturated heterocycles. The van der Waals surface area contributed by atoms with E-state index < -0.39 is 20.7 Å². The molecule has 1 unspecified atom stereocenters. The molecule has 0 radical (unpaired) electrons. The van der Waals surface area contributed by atoms with Gasteiger partial charge < -0.3 is 5.73 Å². The minimum absolute atomic E-state index is 0.0886. The van der Waals surface area contributed by atoms with Crippen LogP contribution < -0.4 is 10.5 Å². The summed E-state index contributed by atoms with van der Waals surface area (Å²) in [5, 5.41) is 0.0886. The van der Waals surface area contributed by atoms with Gasteiger partial charge in [-0.25, -0.2) is 17.5 Å². The summed E-state index contributed by atoms with van der Waals surface area (Å²) in [4.78, 5) is -0.505. The first-order valence-corrected chi connectivity index (χ1v) is 8.96. The fraction of sp³-hybridized carbons (Fsp3) is 0.500. The molecule has 1 aromatic rings. The van der Waals surface area contributed by atoms with Crippen LogP contribution in [0.3, 0.4) is 0 Å². The number of thioether (sulfide) groups is 1. The molecule has 0 saturated carbocycles. The predicted molar refractivity (Wildman–Crippen MR) is 81.1 cm³/mol. The molecular formula is C12H16ClFN2O2S2. The number of nitrogen functional groups attached to an aromatic ring is 1. The van der Waals surface area contributed by atoms with Crippen molar-refractivity contribution in [1.29, 1.82) is 0 Å². The van der Waals surface area contributed by atoms with E-state index in [-0.39, 0.29) is 22.0 Å². The monoisotopic (exact) mass is 338 g/mol. The predicted octanol–water partition coefficient (Wildman–Crippen LogP) is 2.63. The van der Waals surface area contributed by atoms with E-state index in [4.69, 9.17) is 17.3 Å². The van der Waals surface area contributed by atoms with Gasteiger partial charge in [0, 0.05) is 16.3 Å². The molecule has 1 aliphatic heterocycles. The molecule has 0 spiro atoms. The minimum atomic E-state index is -3.96. The molecule has 0 bridgehead atoms. The SMILES string of the molecule is CC1(CNS(=O)(=O)c2cc(Cl)cc(N)c2F)CCCS1. The van der Waals surface area contributed by atoms with E-state index >= 15 is 0 Å². The van der Waals surface area contributed by atoms with Crippen molar-refractivity contribution >= 4 is 39.1 Å². The Balaban J connectivity index is 2.22. The van der Waals surface area contributed by atoms with E-state index in [0.29, 0.717) is 0 Å². The van der Waals surface area contributed by atoms with Gasteiger partial charge >= 0.3 is 0 Å². The zero-order valence-electron chi connectivity index (χ0n) is 10.9. The molecule has 3 N–H and O–H groups in total. The molecule has 1 atom stereocenters. The van der Waals surface area contributed by atoms with Crippen molar-refractivity contribution in [3.8, 4) is 0 Å². The second kappa shape index (κ2) is 5.71. The first-order chi connectivity index (χ1) is 9.23. The third kappa shape index (κ3) is 3.39. The normalized spacial score (nSPS) is 23.1. The van der Waals surface area contributed by atoms with Gasteiger partial charge in [-0.2, -0.15) is 11.8 Å².